The van der Waals surface area contributed by atoms with Gasteiger partial charge in [-0.25, -0.2) is 0 Å². The summed E-state index contributed by atoms with van der Waals surface area (Å²) in [5.41, 5.74) is 5.00. The molecule has 0 aromatic rings. The zero-order valence-corrected chi connectivity index (χ0v) is 22.3. The quantitative estimate of drug-likeness (QED) is 0.183. The number of halogens is 1. The van der Waals surface area contributed by atoms with Crippen molar-refractivity contribution in [1.82, 2.24) is 0 Å². The number of unbranched alkanes of at least 4 members (excludes halogenated alkanes) is 13. The van der Waals surface area contributed by atoms with E-state index >= 15 is 0 Å². The van der Waals surface area contributed by atoms with E-state index in [9.17, 15) is 9.59 Å². The molecule has 0 fully saturated rings. The lowest BCUT2D eigenvalue weighted by Gasteiger charge is -2.23. The van der Waals surface area contributed by atoms with Crippen molar-refractivity contribution in [1.29, 1.82) is 0 Å². The van der Waals surface area contributed by atoms with E-state index in [4.69, 9.17) is 15.9 Å². The Morgan fingerprint density at radius 1 is 0.742 bits per heavy atom. The van der Waals surface area contributed by atoms with Crippen molar-refractivity contribution in [3.63, 3.8) is 0 Å². The van der Waals surface area contributed by atoms with E-state index in [1.54, 1.807) is 0 Å². The molecule has 0 spiro atoms. The largest absolute Gasteiger partial charge is 1.00 e. The highest BCUT2D eigenvalue weighted by Crippen LogP contribution is 2.13. The van der Waals surface area contributed by atoms with E-state index in [0.717, 1.165) is 4.48 Å². The predicted molar refractivity (Wildman–Crippen MR) is 126 cm³/mol. The molecule has 7 heteroatoms. The number of hydrogen-bond donors (Lipinski definition) is 3. The molecule has 31 heavy (non-hydrogen) atoms. The van der Waals surface area contributed by atoms with Crippen LogP contribution in [-0.4, -0.2) is 60.4 Å². The average molecular weight is 512 g/mol. The first-order valence-electron chi connectivity index (χ1n) is 12.1. The number of carboxylic acid groups (broad SMARTS) is 2. The minimum absolute atomic E-state index is 0. The van der Waals surface area contributed by atoms with Gasteiger partial charge in [0.15, 0.2) is 0 Å². The summed E-state index contributed by atoms with van der Waals surface area (Å²) >= 11 is 0. The fourth-order valence-electron chi connectivity index (χ4n) is 3.18. The second-order valence-electron chi connectivity index (χ2n) is 9.49. The Kier molecular flexibility index (Phi) is 27.0. The summed E-state index contributed by atoms with van der Waals surface area (Å²) in [5.74, 6) is -2.20. The maximum Gasteiger partial charge on any atom is 0.320 e. The van der Waals surface area contributed by atoms with Gasteiger partial charge in [0, 0.05) is 6.42 Å². The van der Waals surface area contributed by atoms with Gasteiger partial charge in [0.1, 0.15) is 6.04 Å². The van der Waals surface area contributed by atoms with Gasteiger partial charge in [0.2, 0.25) is 0 Å². The smallest absolute Gasteiger partial charge is 0.320 e. The molecule has 0 amide bonds. The van der Waals surface area contributed by atoms with Crippen molar-refractivity contribution in [2.24, 2.45) is 5.73 Å². The van der Waals surface area contributed by atoms with Crippen LogP contribution in [0, 0.1) is 0 Å². The van der Waals surface area contributed by atoms with Crippen molar-refractivity contribution >= 4 is 11.9 Å². The fraction of sp³-hybridized carbons (Fsp3) is 0.917. The summed E-state index contributed by atoms with van der Waals surface area (Å²) in [7, 11) is 6.88. The van der Waals surface area contributed by atoms with Crippen molar-refractivity contribution in [2.75, 3.05) is 27.7 Å². The molecule has 0 rings (SSSR count). The second-order valence-corrected chi connectivity index (χ2v) is 9.49. The number of rotatable bonds is 19. The Morgan fingerprint density at radius 2 is 1.10 bits per heavy atom. The maximum absolute atomic E-state index is 9.99. The van der Waals surface area contributed by atoms with Crippen molar-refractivity contribution in [2.45, 2.75) is 116 Å². The van der Waals surface area contributed by atoms with Crippen LogP contribution in [0.15, 0.2) is 0 Å². The predicted octanol–water partition coefficient (Wildman–Crippen LogP) is 2.44. The third-order valence-corrected chi connectivity index (χ3v) is 5.17. The van der Waals surface area contributed by atoms with E-state index in [0.29, 0.717) is 0 Å². The Morgan fingerprint density at radius 3 is 1.39 bits per heavy atom. The molecular weight excluding hydrogens is 460 g/mol. The van der Waals surface area contributed by atoms with Gasteiger partial charge < -0.3 is 37.4 Å². The van der Waals surface area contributed by atoms with Gasteiger partial charge in [-0.05, 0) is 19.3 Å². The molecule has 0 aliphatic carbocycles. The van der Waals surface area contributed by atoms with E-state index in [1.807, 2.05) is 0 Å². The molecule has 188 valence electrons. The third kappa shape index (κ3) is 34.2. The highest BCUT2D eigenvalue weighted by Gasteiger charge is 2.12. The van der Waals surface area contributed by atoms with E-state index in [2.05, 4.69) is 28.1 Å². The summed E-state index contributed by atoms with van der Waals surface area (Å²) in [5, 5.41) is 16.3. The lowest BCUT2D eigenvalue weighted by Crippen LogP contribution is -3.00. The molecule has 4 N–H and O–H groups in total. The molecule has 0 unspecified atom stereocenters. The van der Waals surface area contributed by atoms with Crippen LogP contribution in [0.4, 0.5) is 0 Å². The van der Waals surface area contributed by atoms with Crippen LogP contribution in [0.25, 0.3) is 0 Å². The van der Waals surface area contributed by atoms with Gasteiger partial charge in [-0.2, -0.15) is 0 Å². The summed E-state index contributed by atoms with van der Waals surface area (Å²) in [6.07, 6.45) is 20.1. The topological polar surface area (TPSA) is 101 Å². The molecule has 1 atom stereocenters. The number of carboxylic acids is 2. The summed E-state index contributed by atoms with van der Waals surface area (Å²) < 4.78 is 1.12. The van der Waals surface area contributed by atoms with Crippen LogP contribution in [0.5, 0.6) is 0 Å². The van der Waals surface area contributed by atoms with Gasteiger partial charge in [-0.1, -0.05) is 84.0 Å². The molecule has 0 radical (unpaired) electrons. The van der Waals surface area contributed by atoms with Gasteiger partial charge in [-0.15, -0.1) is 0 Å². The molecule has 0 saturated heterocycles. The number of nitrogens with two attached hydrogens (primary N) is 1. The Bertz CT molecular complexity index is 415. The van der Waals surface area contributed by atoms with Crippen LogP contribution in [0.3, 0.4) is 0 Å². The molecule has 0 heterocycles. The van der Waals surface area contributed by atoms with Crippen LogP contribution in [-0.2, 0) is 9.59 Å². The molecule has 0 aromatic carbocycles. The van der Waals surface area contributed by atoms with Crippen molar-refractivity contribution in [3.8, 4) is 0 Å². The minimum atomic E-state index is -1.17. The van der Waals surface area contributed by atoms with Crippen LogP contribution < -0.4 is 22.7 Å². The summed E-state index contributed by atoms with van der Waals surface area (Å²) in [6.45, 7) is 3.63. The Hall–Kier alpha value is -0.660. The van der Waals surface area contributed by atoms with E-state index in [-0.39, 0.29) is 29.8 Å². The molecule has 0 bridgehead atoms. The van der Waals surface area contributed by atoms with Gasteiger partial charge >= 0.3 is 11.9 Å². The number of nitrogens with zero attached hydrogens (tertiary/aromatic N) is 1. The Balaban J connectivity index is -0.000000604. The van der Waals surface area contributed by atoms with Crippen molar-refractivity contribution < 1.29 is 41.3 Å². The molecule has 6 nitrogen and oxygen atoms in total. The van der Waals surface area contributed by atoms with Crippen LogP contribution >= 0.6 is 0 Å². The Labute approximate surface area is 202 Å². The maximum atomic E-state index is 9.99. The highest BCUT2D eigenvalue weighted by atomic mass is 79.9. The molecule has 0 aromatic heterocycles. The average Bonchev–Trinajstić information content (AvgIpc) is 2.65. The first-order chi connectivity index (χ1) is 14.1. The zero-order valence-electron chi connectivity index (χ0n) is 20.7. The second kappa shape index (κ2) is 24.0. The number of quaternary nitrogens is 1. The lowest BCUT2D eigenvalue weighted by atomic mass is 10.0. The summed E-state index contributed by atoms with van der Waals surface area (Å²) in [4.78, 5) is 19.9. The van der Waals surface area contributed by atoms with Gasteiger partial charge in [0.25, 0.3) is 0 Å². The normalized spacial score (nSPS) is 11.8. The lowest BCUT2D eigenvalue weighted by molar-refractivity contribution is -0.870. The third-order valence-electron chi connectivity index (χ3n) is 5.17. The van der Waals surface area contributed by atoms with E-state index in [1.165, 1.54) is 96.4 Å². The van der Waals surface area contributed by atoms with Gasteiger partial charge in [-0.3, -0.25) is 9.59 Å². The zero-order chi connectivity index (χ0) is 23.3. The van der Waals surface area contributed by atoms with Crippen LogP contribution in [0.1, 0.15) is 110 Å². The number of aliphatic carboxylic acids is 2. The number of carbonyl (C=O) groups is 2. The minimum Gasteiger partial charge on any atom is -1.00 e. The first kappa shape index (κ1) is 34.9. The monoisotopic (exact) mass is 510 g/mol. The highest BCUT2D eigenvalue weighted by molar-refractivity contribution is 5.74. The first-order valence-corrected chi connectivity index (χ1v) is 12.1. The van der Waals surface area contributed by atoms with Crippen LogP contribution in [0.2, 0.25) is 0 Å². The molecule has 0 aliphatic rings. The van der Waals surface area contributed by atoms with Gasteiger partial charge in [0.05, 0.1) is 27.7 Å². The fourth-order valence-corrected chi connectivity index (χ4v) is 3.18. The molecule has 0 saturated carbocycles. The summed E-state index contributed by atoms with van der Waals surface area (Å²) in [6, 6.07) is -1.06. The standard InChI is InChI=1S/C19H42N.C5H9NO4.BrH/c1-5-6-7-8-9-10-11-12-13-14-15-16-17-18-19-20(2,3)4;6-3(5(9)10)1-2-4(7)8;/h5-19H2,1-4H3;3H,1-2,6H2,(H,7,8)(H,9,10);1H/q+1;;/p-1/t;3-;/m.0./s1. The molecule has 0 aliphatic heterocycles. The van der Waals surface area contributed by atoms with Crippen molar-refractivity contribution in [3.05, 3.63) is 0 Å². The molecular formula is C24H51BrN2O4. The number of hydrogen-bond acceptors (Lipinski definition) is 3. The SMILES string of the molecule is CCCCCCCCCCCCCCCC[N+](C)(C)C.N[C@@H](CCC(=O)O)C(=O)O.[Br-]. The van der Waals surface area contributed by atoms with E-state index < -0.39 is 18.0 Å².